The zero-order valence-corrected chi connectivity index (χ0v) is 16.5. The second kappa shape index (κ2) is 9.16. The van der Waals surface area contributed by atoms with Crippen molar-refractivity contribution in [3.05, 3.63) is 41.5 Å². The first kappa shape index (κ1) is 20.3. The quantitative estimate of drug-likeness (QED) is 0.650. The molecule has 0 radical (unpaired) electrons. The molecule has 5 N–H and O–H groups in total. The van der Waals surface area contributed by atoms with Crippen LogP contribution < -0.4 is 16.8 Å². The summed E-state index contributed by atoms with van der Waals surface area (Å²) >= 11 is 1.27. The van der Waals surface area contributed by atoms with Crippen LogP contribution in [0.4, 0.5) is 9.80 Å². The van der Waals surface area contributed by atoms with Crippen LogP contribution in [0.3, 0.4) is 0 Å². The third-order valence-corrected chi connectivity index (χ3v) is 5.53. The highest BCUT2D eigenvalue weighted by Gasteiger charge is 2.21. The number of methoxy groups -OCH3 is 1. The highest BCUT2D eigenvalue weighted by molar-refractivity contribution is 7.20. The third kappa shape index (κ3) is 5.08. The van der Waals surface area contributed by atoms with E-state index in [1.807, 2.05) is 12.1 Å². The van der Waals surface area contributed by atoms with Gasteiger partial charge in [0.15, 0.2) is 0 Å². The van der Waals surface area contributed by atoms with Crippen molar-refractivity contribution < 1.29 is 19.1 Å². The second-order valence-electron chi connectivity index (χ2n) is 6.59. The number of urea groups is 1. The molecule has 3 amide bonds. The second-order valence-corrected chi connectivity index (χ2v) is 7.64. The van der Waals surface area contributed by atoms with E-state index in [2.05, 4.69) is 22.3 Å². The van der Waals surface area contributed by atoms with Gasteiger partial charge in [-0.15, -0.1) is 11.3 Å². The largest absolute Gasteiger partial charge is 0.382 e. The number of anilines is 1. The molecule has 1 atom stereocenters. The number of nitrogens with zero attached hydrogens (tertiary/aromatic N) is 1. The van der Waals surface area contributed by atoms with E-state index in [1.54, 1.807) is 13.2 Å². The number of hydrogen-bond acceptors (Lipinski definition) is 6. The normalized spacial score (nSPS) is 17.4. The summed E-state index contributed by atoms with van der Waals surface area (Å²) in [5.74, 6) is -0.611. The van der Waals surface area contributed by atoms with E-state index in [0.29, 0.717) is 18.2 Å². The Hall–Kier alpha value is -2.46. The molecule has 8 nitrogen and oxygen atoms in total. The summed E-state index contributed by atoms with van der Waals surface area (Å²) in [7, 11) is 1.68. The molecular weight excluding hydrogens is 380 g/mol. The van der Waals surface area contributed by atoms with Crippen molar-refractivity contribution in [2.75, 3.05) is 38.7 Å². The predicted molar refractivity (Wildman–Crippen MR) is 108 cm³/mol. The maximum absolute atomic E-state index is 11.7. The molecule has 2 heterocycles. The van der Waals surface area contributed by atoms with Crippen molar-refractivity contribution in [2.24, 2.45) is 11.5 Å². The van der Waals surface area contributed by atoms with Gasteiger partial charge in [0.1, 0.15) is 5.00 Å². The number of rotatable bonds is 7. The van der Waals surface area contributed by atoms with Gasteiger partial charge in [-0.2, -0.15) is 0 Å². The van der Waals surface area contributed by atoms with Gasteiger partial charge in [-0.25, -0.2) is 4.79 Å². The zero-order chi connectivity index (χ0) is 20.1. The molecule has 0 saturated carbocycles. The van der Waals surface area contributed by atoms with E-state index in [0.717, 1.165) is 35.6 Å². The lowest BCUT2D eigenvalue weighted by Crippen LogP contribution is -2.43. The van der Waals surface area contributed by atoms with Crippen molar-refractivity contribution in [3.63, 3.8) is 0 Å². The Balaban J connectivity index is 1.78. The Bertz CT molecular complexity index is 852. The van der Waals surface area contributed by atoms with Crippen LogP contribution in [0.5, 0.6) is 0 Å². The molecule has 1 aromatic heterocycles. The fourth-order valence-corrected chi connectivity index (χ4v) is 4.28. The SMILES string of the molecule is COCC1CN(Cc2cccc(-c3cc(C(N)=O)c(NC(N)=O)s3)c2)CCO1. The maximum atomic E-state index is 11.7. The molecule has 1 saturated heterocycles. The number of carbonyl (C=O) groups is 2. The van der Waals surface area contributed by atoms with Crippen molar-refractivity contribution in [3.8, 4) is 10.4 Å². The van der Waals surface area contributed by atoms with Gasteiger partial charge >= 0.3 is 6.03 Å². The summed E-state index contributed by atoms with van der Waals surface area (Å²) in [6.07, 6.45) is 0.0831. The summed E-state index contributed by atoms with van der Waals surface area (Å²) in [6, 6.07) is 9.02. The number of primary amides is 2. The Morgan fingerprint density at radius 3 is 2.89 bits per heavy atom. The Morgan fingerprint density at radius 2 is 2.18 bits per heavy atom. The molecule has 1 aromatic carbocycles. The Kier molecular flexibility index (Phi) is 6.63. The van der Waals surface area contributed by atoms with Crippen LogP contribution in [-0.2, 0) is 16.0 Å². The third-order valence-electron chi connectivity index (χ3n) is 4.43. The van der Waals surface area contributed by atoms with E-state index in [-0.39, 0.29) is 11.7 Å². The Labute approximate surface area is 167 Å². The van der Waals surface area contributed by atoms with Gasteiger partial charge in [-0.3, -0.25) is 15.0 Å². The molecule has 150 valence electrons. The van der Waals surface area contributed by atoms with E-state index < -0.39 is 11.9 Å². The summed E-state index contributed by atoms with van der Waals surface area (Å²) in [5.41, 5.74) is 12.9. The van der Waals surface area contributed by atoms with Crippen LogP contribution >= 0.6 is 11.3 Å². The molecule has 9 heteroatoms. The van der Waals surface area contributed by atoms with E-state index in [4.69, 9.17) is 20.9 Å². The molecule has 1 aliphatic heterocycles. The number of carbonyl (C=O) groups excluding carboxylic acids is 2. The first-order valence-corrected chi connectivity index (χ1v) is 9.70. The lowest BCUT2D eigenvalue weighted by Gasteiger charge is -2.32. The average molecular weight is 404 g/mol. The number of nitrogens with two attached hydrogens (primary N) is 2. The first-order chi connectivity index (χ1) is 13.5. The van der Waals surface area contributed by atoms with Crippen molar-refractivity contribution >= 4 is 28.3 Å². The number of nitrogens with one attached hydrogen (secondary N) is 1. The lowest BCUT2D eigenvalue weighted by molar-refractivity contribution is -0.0631. The predicted octanol–water partition coefficient (Wildman–Crippen LogP) is 1.85. The number of thiophene rings is 1. The number of hydrogen-bond donors (Lipinski definition) is 3. The number of morpholine rings is 1. The standard InChI is InChI=1S/C19H24N4O4S/c1-26-11-14-10-23(5-6-27-14)9-12-3-2-4-13(7-12)16-8-15(17(20)24)18(28-16)22-19(21)25/h2-4,7-8,14H,5-6,9-11H2,1H3,(H2,20,24)(H3,21,22,25). The highest BCUT2D eigenvalue weighted by Crippen LogP contribution is 2.35. The summed E-state index contributed by atoms with van der Waals surface area (Å²) < 4.78 is 10.9. The van der Waals surface area contributed by atoms with Crippen LogP contribution in [0.1, 0.15) is 15.9 Å². The molecule has 2 aromatic rings. The molecule has 0 bridgehead atoms. The highest BCUT2D eigenvalue weighted by atomic mass is 32.1. The molecule has 0 aliphatic carbocycles. The van der Waals surface area contributed by atoms with E-state index in [9.17, 15) is 9.59 Å². The fourth-order valence-electron chi connectivity index (χ4n) is 3.21. The van der Waals surface area contributed by atoms with Crippen LogP contribution in [0.15, 0.2) is 30.3 Å². The number of benzene rings is 1. The van der Waals surface area contributed by atoms with Gasteiger partial charge in [0.05, 0.1) is 24.9 Å². The smallest absolute Gasteiger partial charge is 0.317 e. The topological polar surface area (TPSA) is 120 Å². The molecule has 1 aliphatic rings. The molecule has 1 fully saturated rings. The molecule has 1 unspecified atom stereocenters. The summed E-state index contributed by atoms with van der Waals surface area (Å²) in [6.45, 7) is 3.73. The van der Waals surface area contributed by atoms with Crippen LogP contribution in [0, 0.1) is 0 Å². The van der Waals surface area contributed by atoms with E-state index >= 15 is 0 Å². The molecule has 3 rings (SSSR count). The van der Waals surface area contributed by atoms with Crippen LogP contribution in [0.2, 0.25) is 0 Å². The van der Waals surface area contributed by atoms with Gasteiger partial charge < -0.3 is 20.9 Å². The van der Waals surface area contributed by atoms with Gasteiger partial charge in [0, 0.05) is 31.6 Å². The minimum Gasteiger partial charge on any atom is -0.382 e. The van der Waals surface area contributed by atoms with E-state index in [1.165, 1.54) is 11.3 Å². The van der Waals surface area contributed by atoms with Crippen molar-refractivity contribution in [1.29, 1.82) is 0 Å². The van der Waals surface area contributed by atoms with Gasteiger partial charge in [0.25, 0.3) is 5.91 Å². The minimum atomic E-state index is -0.734. The monoisotopic (exact) mass is 404 g/mol. The average Bonchev–Trinajstić information content (AvgIpc) is 3.06. The van der Waals surface area contributed by atoms with Crippen LogP contribution in [-0.4, -0.2) is 56.4 Å². The fraction of sp³-hybridized carbons (Fsp3) is 0.368. The van der Waals surface area contributed by atoms with Gasteiger partial charge in [0.2, 0.25) is 0 Å². The maximum Gasteiger partial charge on any atom is 0.317 e. The zero-order valence-electron chi connectivity index (χ0n) is 15.6. The number of amides is 3. The van der Waals surface area contributed by atoms with Gasteiger partial charge in [-0.1, -0.05) is 18.2 Å². The lowest BCUT2D eigenvalue weighted by atomic mass is 10.1. The van der Waals surface area contributed by atoms with Gasteiger partial charge in [-0.05, 0) is 23.3 Å². The summed E-state index contributed by atoms with van der Waals surface area (Å²) in [4.78, 5) is 26.0. The minimum absolute atomic E-state index is 0.0831. The molecule has 0 spiro atoms. The number of ether oxygens (including phenoxy) is 2. The van der Waals surface area contributed by atoms with Crippen molar-refractivity contribution in [1.82, 2.24) is 4.90 Å². The molecular formula is C19H24N4O4S. The first-order valence-electron chi connectivity index (χ1n) is 8.88. The van der Waals surface area contributed by atoms with Crippen LogP contribution in [0.25, 0.3) is 10.4 Å². The summed E-state index contributed by atoms with van der Waals surface area (Å²) in [5, 5.41) is 2.82. The van der Waals surface area contributed by atoms with Crippen molar-refractivity contribution in [2.45, 2.75) is 12.6 Å². The molecule has 28 heavy (non-hydrogen) atoms. The Morgan fingerprint density at radius 1 is 1.36 bits per heavy atom.